The van der Waals surface area contributed by atoms with Crippen LogP contribution in [0.3, 0.4) is 0 Å². The molecule has 4 aliphatic rings. The maximum Gasteiger partial charge on any atom is 0.255 e. The zero-order chi connectivity index (χ0) is 27.0. The summed E-state index contributed by atoms with van der Waals surface area (Å²) in [5.41, 5.74) is 2.86. The number of methoxy groups -OCH3 is 1. The monoisotopic (exact) mass is 528 g/mol. The van der Waals surface area contributed by atoms with E-state index in [2.05, 4.69) is 5.32 Å². The molecule has 3 aromatic rings. The van der Waals surface area contributed by atoms with Crippen molar-refractivity contribution in [2.45, 2.75) is 31.7 Å². The van der Waals surface area contributed by atoms with E-state index >= 15 is 0 Å². The maximum absolute atomic E-state index is 13.9. The first kappa shape index (κ1) is 25.2. The van der Waals surface area contributed by atoms with Gasteiger partial charge in [-0.25, -0.2) is 0 Å². The van der Waals surface area contributed by atoms with E-state index in [1.165, 1.54) is 6.07 Å². The number of hydrogen-bond donors (Lipinski definition) is 2. The molecule has 39 heavy (non-hydrogen) atoms. The average molecular weight is 529 g/mol. The Morgan fingerprint density at radius 1 is 1.10 bits per heavy atom. The van der Waals surface area contributed by atoms with Gasteiger partial charge < -0.3 is 29.5 Å². The number of rotatable bonds is 3. The van der Waals surface area contributed by atoms with Crippen molar-refractivity contribution in [1.29, 1.82) is 0 Å². The first-order chi connectivity index (χ1) is 19.0. The molecule has 1 atom stereocenters. The summed E-state index contributed by atoms with van der Waals surface area (Å²) >= 11 is 0. The van der Waals surface area contributed by atoms with Crippen LogP contribution in [-0.2, 0) is 16.0 Å². The molecule has 0 radical (unpaired) electrons. The van der Waals surface area contributed by atoms with Gasteiger partial charge in [0.15, 0.2) is 0 Å². The van der Waals surface area contributed by atoms with Gasteiger partial charge in [-0.1, -0.05) is 18.2 Å². The molecule has 3 heterocycles. The van der Waals surface area contributed by atoms with Gasteiger partial charge in [-0.05, 0) is 84.8 Å². The first-order valence-electron chi connectivity index (χ1n) is 13.4. The molecule has 0 saturated heterocycles. The molecular weight excluding hydrogens is 496 g/mol. The van der Waals surface area contributed by atoms with E-state index in [9.17, 15) is 14.7 Å². The summed E-state index contributed by atoms with van der Waals surface area (Å²) in [6.07, 6.45) is 2.97. The fourth-order valence-electron chi connectivity index (χ4n) is 5.63. The van der Waals surface area contributed by atoms with Crippen LogP contribution in [0.1, 0.15) is 52.4 Å². The molecule has 3 aliphatic heterocycles. The molecule has 2 N–H and O–H groups in total. The minimum atomic E-state index is -0.434. The lowest BCUT2D eigenvalue weighted by molar-refractivity contribution is -0.141. The summed E-state index contributed by atoms with van der Waals surface area (Å²) in [5.74, 6) is 1.45. The second-order valence-electron chi connectivity index (χ2n) is 10.5. The quantitative estimate of drug-likeness (QED) is 0.516. The number of hydrogen-bond acceptors (Lipinski definition) is 6. The minimum Gasteiger partial charge on any atom is -0.507 e. The molecule has 8 bridgehead atoms. The number of benzene rings is 3. The number of phenolic OH excluding ortho intramolecular Hbond substituents is 1. The molecule has 1 saturated carbocycles. The molecule has 7 rings (SSSR count). The fourth-order valence-corrected chi connectivity index (χ4v) is 5.63. The van der Waals surface area contributed by atoms with Crippen molar-refractivity contribution in [3.8, 4) is 23.0 Å². The van der Waals surface area contributed by atoms with E-state index in [0.717, 1.165) is 29.5 Å². The SMILES string of the molecule is COCC1(C(=O)N2CCc3cc4ccc3C2c2cccc(c2)OCCCNC(=O)c2cc(ccc2O)O4)CC1. The Balaban J connectivity index is 1.42. The molecule has 1 fully saturated rings. The van der Waals surface area contributed by atoms with Gasteiger partial charge in [-0.2, -0.15) is 0 Å². The number of ether oxygens (including phenoxy) is 3. The van der Waals surface area contributed by atoms with Crippen LogP contribution in [0.25, 0.3) is 0 Å². The number of carbonyl (C=O) groups is 2. The molecular formula is C31H32N2O6. The highest BCUT2D eigenvalue weighted by molar-refractivity contribution is 5.97. The van der Waals surface area contributed by atoms with Gasteiger partial charge in [0.2, 0.25) is 5.91 Å². The van der Waals surface area contributed by atoms with Crippen molar-refractivity contribution >= 4 is 11.8 Å². The number of aromatic hydroxyl groups is 1. The molecule has 202 valence electrons. The Labute approximate surface area is 227 Å². The lowest BCUT2D eigenvalue weighted by atomic mass is 9.86. The summed E-state index contributed by atoms with van der Waals surface area (Å²) in [4.78, 5) is 28.6. The van der Waals surface area contributed by atoms with E-state index in [1.807, 2.05) is 47.4 Å². The molecule has 1 aliphatic carbocycles. The van der Waals surface area contributed by atoms with E-state index in [4.69, 9.17) is 14.2 Å². The summed E-state index contributed by atoms with van der Waals surface area (Å²) in [7, 11) is 1.65. The molecule has 2 amide bonds. The van der Waals surface area contributed by atoms with Gasteiger partial charge in [-0.3, -0.25) is 9.59 Å². The molecule has 0 aromatic heterocycles. The van der Waals surface area contributed by atoms with Crippen molar-refractivity contribution in [1.82, 2.24) is 10.2 Å². The number of carbonyl (C=O) groups excluding carboxylic acids is 2. The van der Waals surface area contributed by atoms with Crippen LogP contribution in [0.4, 0.5) is 0 Å². The van der Waals surface area contributed by atoms with Crippen molar-refractivity contribution in [2.24, 2.45) is 5.41 Å². The Morgan fingerprint density at radius 2 is 1.92 bits per heavy atom. The van der Waals surface area contributed by atoms with Crippen molar-refractivity contribution in [3.63, 3.8) is 0 Å². The third kappa shape index (κ3) is 4.92. The first-order valence-corrected chi connectivity index (χ1v) is 13.4. The summed E-state index contributed by atoms with van der Waals surface area (Å²) in [5, 5.41) is 13.1. The molecule has 3 aromatic carbocycles. The van der Waals surface area contributed by atoms with E-state index in [-0.39, 0.29) is 29.2 Å². The number of fused-ring (bicyclic) bond motifs is 6. The number of nitrogens with zero attached hydrogens (tertiary/aromatic N) is 1. The zero-order valence-electron chi connectivity index (χ0n) is 21.9. The van der Waals surface area contributed by atoms with Crippen molar-refractivity contribution in [2.75, 3.05) is 33.4 Å². The summed E-state index contributed by atoms with van der Waals surface area (Å²) in [6, 6.07) is 18.2. The van der Waals surface area contributed by atoms with Crippen LogP contribution in [0.15, 0.2) is 60.7 Å². The highest BCUT2D eigenvalue weighted by Gasteiger charge is 2.53. The predicted molar refractivity (Wildman–Crippen MR) is 144 cm³/mol. The molecule has 1 unspecified atom stereocenters. The van der Waals surface area contributed by atoms with Crippen LogP contribution in [0.5, 0.6) is 23.0 Å². The lowest BCUT2D eigenvalue weighted by Gasteiger charge is -2.40. The van der Waals surface area contributed by atoms with Gasteiger partial charge in [-0.15, -0.1) is 0 Å². The fraction of sp³-hybridized carbons (Fsp3) is 0.355. The number of phenols is 1. The maximum atomic E-state index is 13.9. The summed E-state index contributed by atoms with van der Waals surface area (Å²) < 4.78 is 17.6. The van der Waals surface area contributed by atoms with Crippen molar-refractivity contribution < 1.29 is 28.9 Å². The van der Waals surface area contributed by atoms with Crippen LogP contribution >= 0.6 is 0 Å². The van der Waals surface area contributed by atoms with Gasteiger partial charge >= 0.3 is 0 Å². The second-order valence-corrected chi connectivity index (χ2v) is 10.5. The highest BCUT2D eigenvalue weighted by Crippen LogP contribution is 2.50. The summed E-state index contributed by atoms with van der Waals surface area (Å²) in [6.45, 7) is 1.81. The third-order valence-corrected chi connectivity index (χ3v) is 7.83. The van der Waals surface area contributed by atoms with Gasteiger partial charge in [0.05, 0.1) is 30.2 Å². The van der Waals surface area contributed by atoms with E-state index < -0.39 is 5.41 Å². The largest absolute Gasteiger partial charge is 0.507 e. The van der Waals surface area contributed by atoms with E-state index in [0.29, 0.717) is 56.4 Å². The standard InChI is InChI=1S/C31H32N2O6/c1-37-19-31(11-12-31)30(36)33-14-10-20-16-23-6-8-25(20)28(33)21-4-2-5-22(17-21)38-15-3-13-32-29(35)26-18-24(39-23)7-9-27(26)34/h2,4-9,16-18,28,34H,3,10-15,19H2,1H3,(H,32,35). The molecule has 8 heteroatoms. The Bertz CT molecular complexity index is 1420. The molecule has 8 nitrogen and oxygen atoms in total. The third-order valence-electron chi connectivity index (χ3n) is 7.83. The van der Waals surface area contributed by atoms with Crippen LogP contribution < -0.4 is 14.8 Å². The molecule has 0 spiro atoms. The number of amides is 2. The average Bonchev–Trinajstić information content (AvgIpc) is 3.73. The normalized spacial score (nSPS) is 19.7. The Morgan fingerprint density at radius 3 is 2.74 bits per heavy atom. The van der Waals surface area contributed by atoms with Gasteiger partial charge in [0, 0.05) is 20.2 Å². The van der Waals surface area contributed by atoms with Crippen LogP contribution in [0.2, 0.25) is 0 Å². The smallest absolute Gasteiger partial charge is 0.255 e. The second kappa shape index (κ2) is 10.3. The highest BCUT2D eigenvalue weighted by atomic mass is 16.5. The minimum absolute atomic E-state index is 0.109. The lowest BCUT2D eigenvalue weighted by Crippen LogP contribution is -2.45. The van der Waals surface area contributed by atoms with Gasteiger partial charge in [0.25, 0.3) is 5.91 Å². The Kier molecular flexibility index (Phi) is 6.64. The topological polar surface area (TPSA) is 97.3 Å². The predicted octanol–water partition coefficient (Wildman–Crippen LogP) is 4.60. The van der Waals surface area contributed by atoms with Crippen molar-refractivity contribution in [3.05, 3.63) is 82.9 Å². The van der Waals surface area contributed by atoms with Crippen LogP contribution in [0, 0.1) is 5.41 Å². The van der Waals surface area contributed by atoms with E-state index in [1.54, 1.807) is 19.2 Å². The Hall–Kier alpha value is -4.04. The van der Waals surface area contributed by atoms with Gasteiger partial charge in [0.1, 0.15) is 23.0 Å². The number of nitrogens with one attached hydrogen (secondary N) is 1. The zero-order valence-corrected chi connectivity index (χ0v) is 21.9. The van der Waals surface area contributed by atoms with Crippen LogP contribution in [-0.4, -0.2) is 55.2 Å².